The summed E-state index contributed by atoms with van der Waals surface area (Å²) >= 11 is 1.71. The Bertz CT molecular complexity index is 921. The number of hydrogen-bond donors (Lipinski definition) is 0. The number of aromatic nitrogens is 3. The Hall–Kier alpha value is -2.60. The normalized spacial score (nSPS) is 13.7. The third-order valence-electron chi connectivity index (χ3n) is 5.15. The Labute approximate surface area is 176 Å². The third kappa shape index (κ3) is 4.88. The van der Waals surface area contributed by atoms with Gasteiger partial charge in [-0.05, 0) is 37.8 Å². The predicted molar refractivity (Wildman–Crippen MR) is 117 cm³/mol. The number of carbonyl (C=O) groups excluding carboxylic acids is 1. The molecule has 150 valence electrons. The number of benzene rings is 2. The van der Waals surface area contributed by atoms with Gasteiger partial charge in [-0.25, -0.2) is 0 Å². The molecule has 2 aromatic carbocycles. The number of thioether (sulfide) groups is 1. The van der Waals surface area contributed by atoms with Crippen molar-refractivity contribution in [1.82, 2.24) is 19.7 Å². The molecule has 0 bridgehead atoms. The molecule has 0 radical (unpaired) electrons. The molecule has 0 aliphatic carbocycles. The van der Waals surface area contributed by atoms with Gasteiger partial charge in [-0.3, -0.25) is 9.36 Å². The Morgan fingerprint density at radius 1 is 0.897 bits per heavy atom. The van der Waals surface area contributed by atoms with E-state index in [0.717, 1.165) is 66.8 Å². The van der Waals surface area contributed by atoms with E-state index in [2.05, 4.69) is 39.0 Å². The molecular formula is C23H26N4OS. The zero-order chi connectivity index (χ0) is 19.9. The van der Waals surface area contributed by atoms with Gasteiger partial charge in [-0.2, -0.15) is 0 Å². The van der Waals surface area contributed by atoms with Gasteiger partial charge in [-0.1, -0.05) is 60.3 Å². The highest BCUT2D eigenvalue weighted by Gasteiger charge is 2.18. The van der Waals surface area contributed by atoms with Crippen LogP contribution in [0.2, 0.25) is 0 Å². The van der Waals surface area contributed by atoms with Gasteiger partial charge in [0.1, 0.15) is 0 Å². The summed E-state index contributed by atoms with van der Waals surface area (Å²) in [5.41, 5.74) is 2.11. The lowest BCUT2D eigenvalue weighted by Gasteiger charge is -2.14. The van der Waals surface area contributed by atoms with Gasteiger partial charge in [-0.15, -0.1) is 10.2 Å². The standard InChI is InChI=1S/C23H26N4OS/c28-21(26-16-8-9-17-26)15-7-10-18-29-23-25-24-22(19-11-3-1-4-12-19)27(23)20-13-5-2-6-14-20/h1-6,11-14H,7-10,15-18H2. The van der Waals surface area contributed by atoms with E-state index in [-0.39, 0.29) is 0 Å². The van der Waals surface area contributed by atoms with Crippen LogP contribution in [0.25, 0.3) is 17.1 Å². The van der Waals surface area contributed by atoms with E-state index in [1.54, 1.807) is 11.8 Å². The molecule has 1 saturated heterocycles. The zero-order valence-corrected chi connectivity index (χ0v) is 17.4. The molecule has 0 spiro atoms. The number of para-hydroxylation sites is 1. The minimum absolute atomic E-state index is 0.311. The Kier molecular flexibility index (Phi) is 6.62. The van der Waals surface area contributed by atoms with E-state index in [9.17, 15) is 4.79 Å². The molecule has 0 saturated carbocycles. The second kappa shape index (κ2) is 9.74. The fourth-order valence-electron chi connectivity index (χ4n) is 3.61. The van der Waals surface area contributed by atoms with Crippen LogP contribution in [0.5, 0.6) is 0 Å². The lowest BCUT2D eigenvalue weighted by molar-refractivity contribution is -0.130. The smallest absolute Gasteiger partial charge is 0.222 e. The molecule has 5 nitrogen and oxygen atoms in total. The third-order valence-corrected chi connectivity index (χ3v) is 6.17. The summed E-state index contributed by atoms with van der Waals surface area (Å²) < 4.78 is 2.12. The van der Waals surface area contributed by atoms with E-state index >= 15 is 0 Å². The van der Waals surface area contributed by atoms with Crippen molar-refractivity contribution in [1.29, 1.82) is 0 Å². The van der Waals surface area contributed by atoms with Crippen molar-refractivity contribution in [2.45, 2.75) is 37.3 Å². The molecule has 0 unspecified atom stereocenters. The molecule has 1 aliphatic rings. The zero-order valence-electron chi connectivity index (χ0n) is 16.5. The van der Waals surface area contributed by atoms with Crippen molar-refractivity contribution in [3.05, 3.63) is 60.7 Å². The average molecular weight is 407 g/mol. The van der Waals surface area contributed by atoms with E-state index < -0.39 is 0 Å². The van der Waals surface area contributed by atoms with Gasteiger partial charge in [0.15, 0.2) is 11.0 Å². The first kappa shape index (κ1) is 19.7. The van der Waals surface area contributed by atoms with E-state index in [1.807, 2.05) is 41.3 Å². The van der Waals surface area contributed by atoms with Crippen LogP contribution in [0.3, 0.4) is 0 Å². The first-order valence-electron chi connectivity index (χ1n) is 10.3. The summed E-state index contributed by atoms with van der Waals surface area (Å²) in [6.07, 6.45) is 4.88. The highest BCUT2D eigenvalue weighted by Crippen LogP contribution is 2.28. The monoisotopic (exact) mass is 406 g/mol. The number of carbonyl (C=O) groups is 1. The van der Waals surface area contributed by atoms with Gasteiger partial charge in [0.2, 0.25) is 5.91 Å². The molecule has 29 heavy (non-hydrogen) atoms. The number of hydrogen-bond acceptors (Lipinski definition) is 4. The minimum atomic E-state index is 0.311. The van der Waals surface area contributed by atoms with Gasteiger partial charge < -0.3 is 4.90 Å². The SMILES string of the molecule is O=C(CCCCSc1nnc(-c2ccccc2)n1-c1ccccc1)N1CCCC1. The number of likely N-dealkylation sites (tertiary alicyclic amines) is 1. The van der Waals surface area contributed by atoms with Crippen LogP contribution in [-0.2, 0) is 4.79 Å². The van der Waals surface area contributed by atoms with E-state index in [0.29, 0.717) is 12.3 Å². The van der Waals surface area contributed by atoms with Crippen molar-refractivity contribution in [3.63, 3.8) is 0 Å². The van der Waals surface area contributed by atoms with Gasteiger partial charge in [0, 0.05) is 36.5 Å². The summed E-state index contributed by atoms with van der Waals surface area (Å²) in [4.78, 5) is 14.2. The number of unbranched alkanes of at least 4 members (excludes halogenated alkanes) is 1. The molecule has 0 atom stereocenters. The molecule has 6 heteroatoms. The van der Waals surface area contributed by atoms with Gasteiger partial charge in [0.05, 0.1) is 0 Å². The molecule has 1 fully saturated rings. The maximum Gasteiger partial charge on any atom is 0.222 e. The fraction of sp³-hybridized carbons (Fsp3) is 0.348. The molecular weight excluding hydrogens is 380 g/mol. The largest absolute Gasteiger partial charge is 0.343 e. The molecule has 3 aromatic rings. The first-order chi connectivity index (χ1) is 14.3. The second-order valence-electron chi connectivity index (χ2n) is 7.24. The van der Waals surface area contributed by atoms with Crippen molar-refractivity contribution in [3.8, 4) is 17.1 Å². The van der Waals surface area contributed by atoms with Crippen LogP contribution in [0.15, 0.2) is 65.8 Å². The molecule has 0 N–H and O–H groups in total. The number of nitrogens with zero attached hydrogens (tertiary/aromatic N) is 4. The second-order valence-corrected chi connectivity index (χ2v) is 8.30. The molecule has 1 aromatic heterocycles. The van der Waals surface area contributed by atoms with Crippen LogP contribution in [-0.4, -0.2) is 44.4 Å². The van der Waals surface area contributed by atoms with E-state index in [4.69, 9.17) is 0 Å². The van der Waals surface area contributed by atoms with Crippen molar-refractivity contribution in [2.75, 3.05) is 18.8 Å². The molecule has 1 amide bonds. The van der Waals surface area contributed by atoms with Crippen molar-refractivity contribution in [2.24, 2.45) is 0 Å². The number of rotatable bonds is 8. The first-order valence-corrected chi connectivity index (χ1v) is 11.3. The number of amides is 1. The quantitative estimate of drug-likeness (QED) is 0.398. The molecule has 4 rings (SSSR count). The summed E-state index contributed by atoms with van der Waals surface area (Å²) in [5, 5.41) is 9.83. The average Bonchev–Trinajstić information content (AvgIpc) is 3.45. The minimum Gasteiger partial charge on any atom is -0.343 e. The summed E-state index contributed by atoms with van der Waals surface area (Å²) in [7, 11) is 0. The molecule has 1 aliphatic heterocycles. The van der Waals surface area contributed by atoms with Crippen LogP contribution in [0.1, 0.15) is 32.1 Å². The van der Waals surface area contributed by atoms with E-state index in [1.165, 1.54) is 0 Å². The topological polar surface area (TPSA) is 51.0 Å². The summed E-state index contributed by atoms with van der Waals surface area (Å²) in [6.45, 7) is 1.88. The Morgan fingerprint density at radius 3 is 2.31 bits per heavy atom. The maximum atomic E-state index is 12.2. The highest BCUT2D eigenvalue weighted by molar-refractivity contribution is 7.99. The predicted octanol–water partition coefficient (Wildman–Crippen LogP) is 4.82. The Balaban J connectivity index is 1.41. The summed E-state index contributed by atoms with van der Waals surface area (Å²) in [6, 6.07) is 20.4. The highest BCUT2D eigenvalue weighted by atomic mass is 32.2. The lowest BCUT2D eigenvalue weighted by atomic mass is 10.2. The van der Waals surface area contributed by atoms with Gasteiger partial charge in [0.25, 0.3) is 0 Å². The Morgan fingerprint density at radius 2 is 1.59 bits per heavy atom. The summed E-state index contributed by atoms with van der Waals surface area (Å²) in [5.74, 6) is 2.09. The maximum absolute atomic E-state index is 12.2. The lowest BCUT2D eigenvalue weighted by Crippen LogP contribution is -2.27. The van der Waals surface area contributed by atoms with Crippen LogP contribution in [0.4, 0.5) is 0 Å². The van der Waals surface area contributed by atoms with Crippen LogP contribution < -0.4 is 0 Å². The van der Waals surface area contributed by atoms with Crippen molar-refractivity contribution >= 4 is 17.7 Å². The fourth-order valence-corrected chi connectivity index (χ4v) is 4.56. The molecule has 2 heterocycles. The van der Waals surface area contributed by atoms with Crippen LogP contribution in [0, 0.1) is 0 Å². The van der Waals surface area contributed by atoms with Crippen LogP contribution >= 0.6 is 11.8 Å². The van der Waals surface area contributed by atoms with Gasteiger partial charge >= 0.3 is 0 Å². The van der Waals surface area contributed by atoms with Crippen molar-refractivity contribution < 1.29 is 4.79 Å².